The van der Waals surface area contributed by atoms with Gasteiger partial charge >= 0.3 is 11.9 Å². The summed E-state index contributed by atoms with van der Waals surface area (Å²) in [6.45, 7) is 4.01. The molecule has 0 radical (unpaired) electrons. The van der Waals surface area contributed by atoms with Crippen LogP contribution < -0.4 is 16.8 Å². The predicted octanol–water partition coefficient (Wildman–Crippen LogP) is 0.927. The number of sulfonamides is 2. The number of nitrogens with two attached hydrogens (primary N) is 2. The van der Waals surface area contributed by atoms with E-state index in [1.807, 2.05) is 0 Å². The number of hydrogen-bond acceptors (Lipinski definition) is 9. The van der Waals surface area contributed by atoms with Crippen LogP contribution >= 0.6 is 0 Å². The molecule has 39 heavy (non-hydrogen) atoms. The second-order valence-corrected chi connectivity index (χ2v) is 13.1. The van der Waals surface area contributed by atoms with Crippen LogP contribution in [0, 0.1) is 13.8 Å². The molecule has 0 aromatic heterocycles. The Hall–Kier alpha value is -3.33. The van der Waals surface area contributed by atoms with Crippen LogP contribution in [0.5, 0.6) is 0 Å². The lowest BCUT2D eigenvalue weighted by Crippen LogP contribution is -2.50. The Morgan fingerprint density at radius 1 is 0.974 bits per heavy atom. The monoisotopic (exact) mass is 579 g/mol. The summed E-state index contributed by atoms with van der Waals surface area (Å²) in [6.07, 6.45) is 0.772. The van der Waals surface area contributed by atoms with Crippen molar-refractivity contribution in [3.05, 3.63) is 59.7 Å². The Kier molecular flexibility index (Phi) is 9.83. The molecule has 0 unspecified atom stereocenters. The van der Waals surface area contributed by atoms with Crippen molar-refractivity contribution in [1.82, 2.24) is 9.03 Å². The molecule has 5 N–H and O–H groups in total. The molecule has 2 atom stereocenters. The first-order valence-electron chi connectivity index (χ1n) is 12.3. The number of rotatable bonds is 11. The molecule has 1 heterocycles. The van der Waals surface area contributed by atoms with E-state index in [2.05, 4.69) is 10.3 Å². The molecule has 2 aromatic rings. The normalized spacial score (nSPS) is 16.5. The van der Waals surface area contributed by atoms with Gasteiger partial charge in [-0.3, -0.25) is 4.99 Å². The summed E-state index contributed by atoms with van der Waals surface area (Å²) in [4.78, 5) is 29.2. The lowest BCUT2D eigenvalue weighted by Gasteiger charge is -2.29. The van der Waals surface area contributed by atoms with E-state index in [9.17, 15) is 26.4 Å². The third-order valence-corrected chi connectivity index (χ3v) is 10.5. The maximum Gasteiger partial charge on any atom is 0.333 e. The summed E-state index contributed by atoms with van der Waals surface area (Å²) in [6, 6.07) is 8.34. The van der Waals surface area contributed by atoms with Crippen LogP contribution in [0.1, 0.15) is 36.8 Å². The van der Waals surface area contributed by atoms with Crippen LogP contribution in [0.4, 0.5) is 0 Å². The number of carbonyl (C=O) groups excluding carboxylic acids is 2. The molecule has 1 aliphatic heterocycles. The lowest BCUT2D eigenvalue weighted by molar-refractivity contribution is -0.163. The summed E-state index contributed by atoms with van der Waals surface area (Å²) >= 11 is 0. The molecule has 3 rings (SSSR count). The summed E-state index contributed by atoms with van der Waals surface area (Å²) in [5, 5.41) is 2.89. The first-order valence-corrected chi connectivity index (χ1v) is 15.2. The molecule has 0 spiro atoms. The fourth-order valence-electron chi connectivity index (χ4n) is 4.02. The summed E-state index contributed by atoms with van der Waals surface area (Å²) < 4.78 is 60.9. The number of aliphatic imine (C=N–C) groups is 1. The highest BCUT2D eigenvalue weighted by Crippen LogP contribution is 2.30. The molecule has 1 saturated heterocycles. The van der Waals surface area contributed by atoms with Gasteiger partial charge in [-0.15, -0.1) is 0 Å². The van der Waals surface area contributed by atoms with Gasteiger partial charge < -0.3 is 21.5 Å². The number of guanidine groups is 1. The molecule has 0 aliphatic carbocycles. The third kappa shape index (κ3) is 7.41. The van der Waals surface area contributed by atoms with Crippen LogP contribution in [-0.4, -0.2) is 63.6 Å². The third-order valence-electron chi connectivity index (χ3n) is 6.11. The molecule has 14 heteroatoms. The number of nitrogens with one attached hydrogen (secondary N) is 1. The largest absolute Gasteiger partial charge is 0.391 e. The predicted molar refractivity (Wildman–Crippen MR) is 144 cm³/mol. The van der Waals surface area contributed by atoms with Gasteiger partial charge in [0.25, 0.3) is 20.0 Å². The highest BCUT2D eigenvalue weighted by Gasteiger charge is 2.46. The zero-order chi connectivity index (χ0) is 28.8. The van der Waals surface area contributed by atoms with Crippen LogP contribution in [0.2, 0.25) is 0 Å². The van der Waals surface area contributed by atoms with Crippen molar-refractivity contribution < 1.29 is 31.2 Å². The fourth-order valence-corrected chi connectivity index (χ4v) is 8.00. The quantitative estimate of drug-likeness (QED) is 0.113. The van der Waals surface area contributed by atoms with Crippen molar-refractivity contribution in [1.29, 1.82) is 0 Å². The van der Waals surface area contributed by atoms with Crippen LogP contribution in [-0.2, 0) is 34.4 Å². The maximum absolute atomic E-state index is 13.9. The van der Waals surface area contributed by atoms with E-state index in [4.69, 9.17) is 16.2 Å². The van der Waals surface area contributed by atoms with Crippen LogP contribution in [0.15, 0.2) is 63.3 Å². The zero-order valence-electron chi connectivity index (χ0n) is 21.7. The van der Waals surface area contributed by atoms with Crippen LogP contribution in [0.25, 0.3) is 0 Å². The Labute approximate surface area is 228 Å². The van der Waals surface area contributed by atoms with Gasteiger partial charge in [0.1, 0.15) is 12.1 Å². The molecule has 0 saturated carbocycles. The average Bonchev–Trinajstić information content (AvgIpc) is 3.41. The first kappa shape index (κ1) is 30.2. The minimum atomic E-state index is -4.85. The smallest absolute Gasteiger partial charge is 0.333 e. The Bertz CT molecular complexity index is 1340. The highest BCUT2D eigenvalue weighted by molar-refractivity contribution is 8.04. The summed E-state index contributed by atoms with van der Waals surface area (Å²) in [7, 11) is -9.71. The molecular formula is C25H33N5O7S2. The molecular weight excluding hydrogens is 546 g/mol. The van der Waals surface area contributed by atoms with Gasteiger partial charge in [-0.25, -0.2) is 26.4 Å². The van der Waals surface area contributed by atoms with Gasteiger partial charge in [0, 0.05) is 6.54 Å². The highest BCUT2D eigenvalue weighted by atomic mass is 32.3. The Balaban J connectivity index is 2.13. The minimum Gasteiger partial charge on any atom is -0.391 e. The van der Waals surface area contributed by atoms with E-state index in [0.29, 0.717) is 19.4 Å². The van der Waals surface area contributed by atoms with Crippen molar-refractivity contribution in [2.24, 2.45) is 16.5 Å². The van der Waals surface area contributed by atoms with Gasteiger partial charge in [-0.2, -0.15) is 0 Å². The molecule has 212 valence electrons. The molecule has 1 aliphatic rings. The van der Waals surface area contributed by atoms with Crippen molar-refractivity contribution in [2.45, 2.75) is 61.4 Å². The van der Waals surface area contributed by atoms with E-state index in [1.165, 1.54) is 48.5 Å². The summed E-state index contributed by atoms with van der Waals surface area (Å²) in [5.74, 6) is -2.45. The van der Waals surface area contributed by atoms with Crippen LogP contribution in [0.3, 0.4) is 0 Å². The Morgan fingerprint density at radius 3 is 1.92 bits per heavy atom. The summed E-state index contributed by atoms with van der Waals surface area (Å²) in [5.41, 5.74) is 12.2. The molecule has 12 nitrogen and oxygen atoms in total. The van der Waals surface area contributed by atoms with Gasteiger partial charge in [0.2, 0.25) is 0 Å². The standard InChI is InChI=1S/C25H33N5O7S2/c1-17-7-11-19(12-8-17)38(33,34)30(39(35,36)20-13-9-18(2)10-14-20)22(6-4-16-29-25(26)27)24(32)37-23(31)21-5-3-15-28-21/h7-14,21-22,28H,3-6,15-16H2,1-2H3,(H4,26,27,29)/t21-,22-/m0/s1. The second-order valence-electron chi connectivity index (χ2n) is 9.22. The number of esters is 2. The van der Waals surface area contributed by atoms with E-state index in [0.717, 1.165) is 11.1 Å². The van der Waals surface area contributed by atoms with Crippen molar-refractivity contribution in [3.8, 4) is 0 Å². The van der Waals surface area contributed by atoms with Crippen molar-refractivity contribution >= 4 is 37.9 Å². The van der Waals surface area contributed by atoms with E-state index >= 15 is 0 Å². The minimum absolute atomic E-state index is 0.0108. The molecule has 2 aromatic carbocycles. The van der Waals surface area contributed by atoms with Gasteiger partial charge in [0.15, 0.2) is 5.96 Å². The number of hydrogen-bond donors (Lipinski definition) is 3. The molecule has 0 bridgehead atoms. The van der Waals surface area contributed by atoms with Gasteiger partial charge in [-0.05, 0) is 70.3 Å². The average molecular weight is 580 g/mol. The topological polar surface area (TPSA) is 191 Å². The zero-order valence-corrected chi connectivity index (χ0v) is 23.4. The molecule has 0 amide bonds. The number of carbonyl (C=O) groups is 2. The SMILES string of the molecule is Cc1ccc(S(=O)(=O)N([C@@H](CCCN=C(N)N)C(=O)OC(=O)[C@@H]2CCCN2)S(=O)(=O)c2ccc(C)cc2)cc1. The second kappa shape index (κ2) is 12.7. The van der Waals surface area contributed by atoms with E-state index in [-0.39, 0.29) is 38.8 Å². The first-order chi connectivity index (χ1) is 18.3. The number of benzene rings is 2. The maximum atomic E-state index is 13.9. The number of aryl methyl sites for hydroxylation is 2. The van der Waals surface area contributed by atoms with E-state index in [1.54, 1.807) is 13.8 Å². The van der Waals surface area contributed by atoms with Crippen molar-refractivity contribution in [2.75, 3.05) is 13.1 Å². The van der Waals surface area contributed by atoms with Gasteiger partial charge in [0.05, 0.1) is 9.79 Å². The van der Waals surface area contributed by atoms with Crippen molar-refractivity contribution in [3.63, 3.8) is 0 Å². The van der Waals surface area contributed by atoms with Gasteiger partial charge in [-0.1, -0.05) is 39.1 Å². The number of ether oxygens (including phenoxy) is 1. The van der Waals surface area contributed by atoms with E-state index < -0.39 is 44.1 Å². The fraction of sp³-hybridized carbons (Fsp3) is 0.400. The number of nitrogens with zero attached hydrogens (tertiary/aromatic N) is 2. The lowest BCUT2D eigenvalue weighted by atomic mass is 10.1. The molecule has 1 fully saturated rings. The Morgan fingerprint density at radius 2 is 1.49 bits per heavy atom.